The van der Waals surface area contributed by atoms with E-state index in [1.807, 2.05) is 6.92 Å². The molecule has 0 saturated carbocycles. The van der Waals surface area contributed by atoms with Gasteiger partial charge in [-0.05, 0) is 0 Å². The van der Waals surface area contributed by atoms with E-state index in [1.54, 1.807) is 0 Å². The van der Waals surface area contributed by atoms with Crippen molar-refractivity contribution >= 4 is 9.52 Å². The van der Waals surface area contributed by atoms with Crippen LogP contribution in [-0.2, 0) is 10.1 Å². The second kappa shape index (κ2) is 5.62. The van der Waals surface area contributed by atoms with Crippen LogP contribution in [0, 0.1) is 0 Å². The quantitative estimate of drug-likeness (QED) is 0.452. The lowest BCUT2D eigenvalue weighted by atomic mass is 10.1. The van der Waals surface area contributed by atoms with Gasteiger partial charge in [0.25, 0.3) is 5.56 Å². The molecule has 2 radical (unpaired) electrons. The van der Waals surface area contributed by atoms with Gasteiger partial charge < -0.3 is 20.1 Å². The monoisotopic (exact) mass is 300 g/mol. The molecule has 0 aromatic carbocycles. The van der Waals surface area contributed by atoms with Crippen LogP contribution in [0.15, 0.2) is 21.9 Å². The highest BCUT2D eigenvalue weighted by Crippen LogP contribution is 2.34. The first-order chi connectivity index (χ1) is 9.46. The lowest BCUT2D eigenvalue weighted by Gasteiger charge is -2.33. The fourth-order valence-corrected chi connectivity index (χ4v) is 3.78. The molecule has 0 bridgehead atoms. The van der Waals surface area contributed by atoms with Crippen LogP contribution >= 0.6 is 0 Å². The third kappa shape index (κ3) is 2.27. The molecule has 1 fully saturated rings. The third-order valence-corrected chi connectivity index (χ3v) is 4.74. The summed E-state index contributed by atoms with van der Waals surface area (Å²) < 4.78 is 6.64. The maximum absolute atomic E-state index is 11.9. The Bertz CT molecular complexity index is 587. The predicted octanol–water partition coefficient (Wildman–Crippen LogP) is -2.60. The largest absolute Gasteiger partial charge is 0.394 e. The minimum atomic E-state index is -1.47. The molecule has 1 aliphatic heterocycles. The summed E-state index contributed by atoms with van der Waals surface area (Å²) in [4.78, 5) is 25.1. The average molecular weight is 300 g/mol. The number of aliphatic hydroxyl groups excluding tert-OH is 3. The summed E-state index contributed by atoms with van der Waals surface area (Å²) in [6, 6.07) is 1.73. The van der Waals surface area contributed by atoms with Crippen molar-refractivity contribution in [2.24, 2.45) is 0 Å². The van der Waals surface area contributed by atoms with E-state index in [-0.39, 0.29) is 9.52 Å². The Morgan fingerprint density at radius 1 is 1.50 bits per heavy atom. The van der Waals surface area contributed by atoms with E-state index in [1.165, 1.54) is 6.20 Å². The number of rotatable bonds is 4. The molecule has 0 unspecified atom stereocenters. The van der Waals surface area contributed by atoms with Crippen LogP contribution in [0.2, 0.25) is 6.04 Å². The molecular formula is C11H16N2O6Si. The van der Waals surface area contributed by atoms with Gasteiger partial charge in [-0.15, -0.1) is 0 Å². The first kappa shape index (κ1) is 15.1. The highest BCUT2D eigenvalue weighted by atomic mass is 28.2. The Morgan fingerprint density at radius 3 is 2.70 bits per heavy atom. The van der Waals surface area contributed by atoms with Crippen LogP contribution in [-0.4, -0.2) is 59.3 Å². The highest BCUT2D eigenvalue weighted by Gasteiger charge is 2.55. The molecule has 1 aliphatic rings. The maximum Gasteiger partial charge on any atom is 0.330 e. The summed E-state index contributed by atoms with van der Waals surface area (Å²) in [7, 11) is -0.0377. The van der Waals surface area contributed by atoms with Crippen molar-refractivity contribution in [1.29, 1.82) is 0 Å². The van der Waals surface area contributed by atoms with Crippen LogP contribution in [0.5, 0.6) is 0 Å². The second-order valence-electron chi connectivity index (χ2n) is 4.48. The molecule has 0 amide bonds. The number of aliphatic hydroxyl groups is 3. The summed E-state index contributed by atoms with van der Waals surface area (Å²) in [6.07, 6.45) is -2.44. The zero-order valence-corrected chi connectivity index (χ0v) is 11.8. The molecule has 1 aromatic heterocycles. The first-order valence-electron chi connectivity index (χ1n) is 6.18. The second-order valence-corrected chi connectivity index (χ2v) is 6.26. The summed E-state index contributed by atoms with van der Waals surface area (Å²) in [5.74, 6) is 0. The van der Waals surface area contributed by atoms with Crippen molar-refractivity contribution in [3.63, 3.8) is 0 Å². The Kier molecular flexibility index (Phi) is 4.25. The predicted molar refractivity (Wildman–Crippen MR) is 69.5 cm³/mol. The average Bonchev–Trinajstić information content (AvgIpc) is 2.65. The number of aromatic amines is 1. The van der Waals surface area contributed by atoms with E-state index in [0.29, 0.717) is 6.04 Å². The van der Waals surface area contributed by atoms with Gasteiger partial charge in [-0.3, -0.25) is 14.3 Å². The van der Waals surface area contributed by atoms with Gasteiger partial charge in [-0.2, -0.15) is 0 Å². The third-order valence-electron chi connectivity index (χ3n) is 3.23. The van der Waals surface area contributed by atoms with Crippen LogP contribution in [0.3, 0.4) is 0 Å². The topological polar surface area (TPSA) is 125 Å². The fourth-order valence-electron chi connectivity index (χ4n) is 2.31. The zero-order chi connectivity index (χ0) is 14.9. The van der Waals surface area contributed by atoms with Crippen LogP contribution in [0.25, 0.3) is 0 Å². The first-order valence-corrected chi connectivity index (χ1v) is 7.39. The van der Waals surface area contributed by atoms with Gasteiger partial charge in [0.15, 0.2) is 5.35 Å². The SMILES string of the molecule is CC[Si][C@@]1(n2ccc(=O)[nH]c2=O)O[C@H](CO)[C@@H](O)[C@H]1O. The van der Waals surface area contributed by atoms with E-state index in [2.05, 4.69) is 4.98 Å². The van der Waals surface area contributed by atoms with E-state index in [9.17, 15) is 24.9 Å². The van der Waals surface area contributed by atoms with Crippen LogP contribution in [0.4, 0.5) is 0 Å². The molecule has 1 saturated heterocycles. The molecule has 9 heteroatoms. The van der Waals surface area contributed by atoms with Gasteiger partial charge in [0.2, 0.25) is 0 Å². The molecule has 2 rings (SSSR count). The Hall–Kier alpha value is -1.26. The summed E-state index contributed by atoms with van der Waals surface area (Å²) in [6.45, 7) is 1.36. The van der Waals surface area contributed by atoms with Crippen molar-refractivity contribution in [2.45, 2.75) is 36.6 Å². The molecule has 8 nitrogen and oxygen atoms in total. The number of hydrogen-bond acceptors (Lipinski definition) is 6. The molecule has 110 valence electrons. The minimum Gasteiger partial charge on any atom is -0.394 e. The number of nitrogens with zero attached hydrogens (tertiary/aromatic N) is 1. The van der Waals surface area contributed by atoms with Gasteiger partial charge in [0.05, 0.1) is 6.61 Å². The number of H-pyrrole nitrogens is 1. The van der Waals surface area contributed by atoms with Crippen molar-refractivity contribution < 1.29 is 20.1 Å². The fraction of sp³-hybridized carbons (Fsp3) is 0.636. The Labute approximate surface area is 116 Å². The lowest BCUT2D eigenvalue weighted by molar-refractivity contribution is -0.0916. The van der Waals surface area contributed by atoms with E-state index in [0.717, 1.165) is 10.6 Å². The van der Waals surface area contributed by atoms with Gasteiger partial charge in [0.1, 0.15) is 27.8 Å². The molecule has 20 heavy (non-hydrogen) atoms. The number of hydrogen-bond donors (Lipinski definition) is 4. The van der Waals surface area contributed by atoms with Crippen molar-refractivity contribution in [2.75, 3.05) is 6.61 Å². The molecule has 4 atom stereocenters. The molecule has 1 aromatic rings. The maximum atomic E-state index is 11.9. The Morgan fingerprint density at radius 2 is 2.20 bits per heavy atom. The summed E-state index contributed by atoms with van der Waals surface area (Å²) in [5, 5.41) is 27.9. The minimum absolute atomic E-state index is 0.0377. The van der Waals surface area contributed by atoms with Gasteiger partial charge >= 0.3 is 5.69 Å². The van der Waals surface area contributed by atoms with Crippen LogP contribution in [0.1, 0.15) is 6.92 Å². The summed E-state index contributed by atoms with van der Waals surface area (Å²) >= 11 is 0. The molecular weight excluding hydrogens is 284 g/mol. The van der Waals surface area contributed by atoms with Crippen molar-refractivity contribution in [1.82, 2.24) is 9.55 Å². The van der Waals surface area contributed by atoms with Gasteiger partial charge in [-0.25, -0.2) is 4.79 Å². The van der Waals surface area contributed by atoms with E-state index >= 15 is 0 Å². The molecule has 0 spiro atoms. The van der Waals surface area contributed by atoms with E-state index < -0.39 is 41.5 Å². The lowest BCUT2D eigenvalue weighted by Crippen LogP contribution is -2.55. The summed E-state index contributed by atoms with van der Waals surface area (Å²) in [5.41, 5.74) is -1.30. The molecule has 4 N–H and O–H groups in total. The standard InChI is InChI=1S/C11H16N2O6Si/c1-2-20-11(9(17)8(16)6(5-14)19-11)13-4-3-7(15)12-10(13)18/h3-4,6,8-9,14,16-17H,2,5H2,1H3,(H,12,15,18)/t6-,8-,9-,11+/m1/s1. The number of aromatic nitrogens is 2. The van der Waals surface area contributed by atoms with Gasteiger partial charge in [0, 0.05) is 12.3 Å². The van der Waals surface area contributed by atoms with Crippen molar-refractivity contribution in [3.05, 3.63) is 33.1 Å². The smallest absolute Gasteiger partial charge is 0.330 e. The number of ether oxygens (including phenoxy) is 1. The molecule has 2 heterocycles. The van der Waals surface area contributed by atoms with E-state index in [4.69, 9.17) is 4.74 Å². The van der Waals surface area contributed by atoms with Gasteiger partial charge in [-0.1, -0.05) is 13.0 Å². The van der Waals surface area contributed by atoms with Crippen LogP contribution < -0.4 is 11.2 Å². The van der Waals surface area contributed by atoms with Crippen molar-refractivity contribution in [3.8, 4) is 0 Å². The highest BCUT2D eigenvalue weighted by molar-refractivity contribution is 6.38. The number of nitrogens with one attached hydrogen (secondary N) is 1. The zero-order valence-electron chi connectivity index (χ0n) is 10.8. The normalized spacial score (nSPS) is 33.5. The molecule has 0 aliphatic carbocycles. The Balaban J connectivity index is 2.55.